The Bertz CT molecular complexity index is 795. The Morgan fingerprint density at radius 1 is 1.09 bits per heavy atom. The lowest BCUT2D eigenvalue weighted by molar-refractivity contribution is 0.143. The number of aliphatic hydroxyl groups is 1. The van der Waals surface area contributed by atoms with Crippen molar-refractivity contribution in [3.8, 4) is 0 Å². The van der Waals surface area contributed by atoms with E-state index in [9.17, 15) is 5.11 Å². The minimum atomic E-state index is -0.876. The fourth-order valence-electron chi connectivity index (χ4n) is 3.05. The minimum Gasteiger partial charge on any atom is -0.386 e. The van der Waals surface area contributed by atoms with Gasteiger partial charge in [0.05, 0.1) is 5.60 Å². The fraction of sp³-hybridized carbons (Fsp3) is 0.200. The first-order valence-electron chi connectivity index (χ1n) is 7.53. The molecule has 0 atom stereocenters. The molecule has 0 unspecified atom stereocenters. The molecule has 3 heteroatoms. The van der Waals surface area contributed by atoms with E-state index in [1.165, 1.54) is 5.56 Å². The number of fused-ring (bicyclic) bond motifs is 1. The van der Waals surface area contributed by atoms with Crippen LogP contribution in [0.1, 0.15) is 30.5 Å². The predicted octanol–water partition coefficient (Wildman–Crippen LogP) is 5.90. The lowest BCUT2D eigenvalue weighted by atomic mass is 9.90. The molecule has 1 nitrogen and oxygen atoms in total. The molecule has 0 saturated carbocycles. The van der Waals surface area contributed by atoms with Gasteiger partial charge in [-0.1, -0.05) is 57.9 Å². The molecule has 1 aliphatic rings. The van der Waals surface area contributed by atoms with Gasteiger partial charge in [0.25, 0.3) is 0 Å². The molecule has 2 aromatic rings. The molecule has 118 valence electrons. The zero-order valence-electron chi connectivity index (χ0n) is 13.1. The molecule has 2 aromatic carbocycles. The van der Waals surface area contributed by atoms with E-state index in [4.69, 9.17) is 11.6 Å². The van der Waals surface area contributed by atoms with E-state index in [1.807, 2.05) is 44.2 Å². The average molecular weight is 390 g/mol. The molecule has 1 N–H and O–H groups in total. The van der Waals surface area contributed by atoms with Crippen molar-refractivity contribution in [1.82, 2.24) is 0 Å². The van der Waals surface area contributed by atoms with Crippen LogP contribution in [0.4, 0.5) is 0 Å². The summed E-state index contributed by atoms with van der Waals surface area (Å²) in [6.07, 6.45) is 5.00. The molecule has 0 heterocycles. The van der Waals surface area contributed by atoms with Gasteiger partial charge in [-0.3, -0.25) is 0 Å². The lowest BCUT2D eigenvalue weighted by Crippen LogP contribution is -2.21. The topological polar surface area (TPSA) is 20.2 Å². The SMILES string of the molecule is CC(C)(O)C1=C(/C=C/c2ccc(Cl)cc2)Cc2cc(Br)ccc21. The third kappa shape index (κ3) is 3.60. The van der Waals surface area contributed by atoms with Gasteiger partial charge in [-0.25, -0.2) is 0 Å². The van der Waals surface area contributed by atoms with Gasteiger partial charge in [0.2, 0.25) is 0 Å². The predicted molar refractivity (Wildman–Crippen MR) is 102 cm³/mol. The molecule has 23 heavy (non-hydrogen) atoms. The number of benzene rings is 2. The van der Waals surface area contributed by atoms with Crippen LogP contribution in [0.3, 0.4) is 0 Å². The van der Waals surface area contributed by atoms with Gasteiger partial charge in [-0.2, -0.15) is 0 Å². The number of halogens is 2. The van der Waals surface area contributed by atoms with E-state index in [-0.39, 0.29) is 0 Å². The zero-order valence-corrected chi connectivity index (χ0v) is 15.4. The second-order valence-corrected chi connectivity index (χ2v) is 7.67. The van der Waals surface area contributed by atoms with E-state index >= 15 is 0 Å². The summed E-state index contributed by atoms with van der Waals surface area (Å²) in [5.41, 5.74) is 4.75. The van der Waals surface area contributed by atoms with Crippen LogP contribution in [0.15, 0.2) is 58.6 Å². The molecule has 1 aliphatic carbocycles. The quantitative estimate of drug-likeness (QED) is 0.693. The van der Waals surface area contributed by atoms with Gasteiger partial charge in [0.1, 0.15) is 0 Å². The summed E-state index contributed by atoms with van der Waals surface area (Å²) in [5, 5.41) is 11.3. The van der Waals surface area contributed by atoms with Gasteiger partial charge >= 0.3 is 0 Å². The van der Waals surface area contributed by atoms with Gasteiger partial charge in [0.15, 0.2) is 0 Å². The molecule has 3 rings (SSSR count). The Morgan fingerprint density at radius 3 is 2.43 bits per heavy atom. The zero-order chi connectivity index (χ0) is 16.6. The Kier molecular flexibility index (Phi) is 4.50. The average Bonchev–Trinajstić information content (AvgIpc) is 2.84. The lowest BCUT2D eigenvalue weighted by Gasteiger charge is -2.22. The second-order valence-electron chi connectivity index (χ2n) is 6.32. The van der Waals surface area contributed by atoms with Crippen molar-refractivity contribution in [3.05, 3.63) is 80.3 Å². The molecular weight excluding hydrogens is 372 g/mol. The minimum absolute atomic E-state index is 0.733. The highest BCUT2D eigenvalue weighted by molar-refractivity contribution is 9.10. The molecule has 0 aromatic heterocycles. The van der Waals surface area contributed by atoms with Crippen molar-refractivity contribution in [3.63, 3.8) is 0 Å². The maximum absolute atomic E-state index is 10.6. The van der Waals surface area contributed by atoms with Crippen LogP contribution in [-0.2, 0) is 6.42 Å². The largest absolute Gasteiger partial charge is 0.386 e. The summed E-state index contributed by atoms with van der Waals surface area (Å²) >= 11 is 9.45. The number of allylic oxidation sites excluding steroid dienone is 2. The first kappa shape index (κ1) is 16.5. The summed E-state index contributed by atoms with van der Waals surface area (Å²) in [7, 11) is 0. The normalized spacial score (nSPS) is 14.7. The Balaban J connectivity index is 2.00. The number of rotatable bonds is 3. The van der Waals surface area contributed by atoms with Crippen molar-refractivity contribution in [1.29, 1.82) is 0 Å². The summed E-state index contributed by atoms with van der Waals surface area (Å²) in [6, 6.07) is 14.0. The Labute approximate surface area is 150 Å². The molecule has 0 spiro atoms. The van der Waals surface area contributed by atoms with Gasteiger partial charge < -0.3 is 5.11 Å². The van der Waals surface area contributed by atoms with Crippen LogP contribution < -0.4 is 0 Å². The number of hydrogen-bond donors (Lipinski definition) is 1. The molecule has 0 saturated heterocycles. The highest BCUT2D eigenvalue weighted by atomic mass is 79.9. The summed E-state index contributed by atoms with van der Waals surface area (Å²) < 4.78 is 1.06. The molecule has 0 fully saturated rings. The van der Waals surface area contributed by atoms with Crippen molar-refractivity contribution in [2.24, 2.45) is 0 Å². The number of hydrogen-bond acceptors (Lipinski definition) is 1. The Morgan fingerprint density at radius 2 is 1.78 bits per heavy atom. The fourth-order valence-corrected chi connectivity index (χ4v) is 3.59. The van der Waals surface area contributed by atoms with E-state index < -0.39 is 5.60 Å². The van der Waals surface area contributed by atoms with Crippen molar-refractivity contribution >= 4 is 39.2 Å². The smallest absolute Gasteiger partial charge is 0.0849 e. The standard InChI is InChI=1S/C20H18BrClO/c1-20(2,23)19-14(6-3-13-4-8-17(22)9-5-13)11-15-12-16(21)7-10-18(15)19/h3-10,12,23H,11H2,1-2H3/b6-3+. The summed E-state index contributed by atoms with van der Waals surface area (Å²) in [5.74, 6) is 0. The second kappa shape index (κ2) is 6.27. The highest BCUT2D eigenvalue weighted by Gasteiger charge is 2.30. The third-order valence-corrected chi connectivity index (χ3v) is 4.74. The van der Waals surface area contributed by atoms with Crippen LogP contribution >= 0.6 is 27.5 Å². The third-order valence-electron chi connectivity index (χ3n) is 4.00. The first-order chi connectivity index (χ1) is 10.8. The van der Waals surface area contributed by atoms with Gasteiger partial charge in [-0.05, 0) is 72.4 Å². The van der Waals surface area contributed by atoms with E-state index in [0.29, 0.717) is 0 Å². The van der Waals surface area contributed by atoms with Gasteiger partial charge in [0, 0.05) is 9.50 Å². The van der Waals surface area contributed by atoms with Crippen LogP contribution in [0, 0.1) is 0 Å². The molecular formula is C20H18BrClO. The van der Waals surface area contributed by atoms with Crippen molar-refractivity contribution in [2.45, 2.75) is 25.9 Å². The molecule has 0 amide bonds. The van der Waals surface area contributed by atoms with E-state index in [2.05, 4.69) is 40.2 Å². The monoisotopic (exact) mass is 388 g/mol. The van der Waals surface area contributed by atoms with Crippen LogP contribution in [0.2, 0.25) is 5.02 Å². The molecule has 0 aliphatic heterocycles. The molecule has 0 bridgehead atoms. The summed E-state index contributed by atoms with van der Waals surface area (Å²) in [6.45, 7) is 3.69. The molecule has 0 radical (unpaired) electrons. The Hall–Kier alpha value is -1.35. The van der Waals surface area contributed by atoms with Crippen LogP contribution in [-0.4, -0.2) is 10.7 Å². The maximum Gasteiger partial charge on any atom is 0.0849 e. The van der Waals surface area contributed by atoms with Crippen LogP contribution in [0.25, 0.3) is 11.6 Å². The van der Waals surface area contributed by atoms with Crippen molar-refractivity contribution < 1.29 is 5.11 Å². The maximum atomic E-state index is 10.6. The van der Waals surface area contributed by atoms with E-state index in [1.54, 1.807) is 0 Å². The van der Waals surface area contributed by atoms with Crippen LogP contribution in [0.5, 0.6) is 0 Å². The van der Waals surface area contributed by atoms with Gasteiger partial charge in [-0.15, -0.1) is 0 Å². The highest BCUT2D eigenvalue weighted by Crippen LogP contribution is 2.41. The first-order valence-corrected chi connectivity index (χ1v) is 8.70. The summed E-state index contributed by atoms with van der Waals surface area (Å²) in [4.78, 5) is 0. The van der Waals surface area contributed by atoms with Crippen molar-refractivity contribution in [2.75, 3.05) is 0 Å². The van der Waals surface area contributed by atoms with E-state index in [0.717, 1.165) is 38.2 Å².